The highest BCUT2D eigenvalue weighted by molar-refractivity contribution is 9.10. The molecule has 0 atom stereocenters. The van der Waals surface area contributed by atoms with Crippen LogP contribution in [0.5, 0.6) is 0 Å². The van der Waals surface area contributed by atoms with Crippen molar-refractivity contribution in [1.82, 2.24) is 9.55 Å². The molecule has 1 aromatic carbocycles. The number of benzene rings is 1. The lowest BCUT2D eigenvalue weighted by Crippen LogP contribution is -2.03. The van der Waals surface area contributed by atoms with Crippen LogP contribution >= 0.6 is 27.5 Å². The van der Waals surface area contributed by atoms with Crippen molar-refractivity contribution in [2.24, 2.45) is 0 Å². The highest BCUT2D eigenvalue weighted by Gasteiger charge is 2.14. The summed E-state index contributed by atoms with van der Waals surface area (Å²) in [5, 5.41) is 0.725. The van der Waals surface area contributed by atoms with Gasteiger partial charge in [-0.05, 0) is 41.9 Å². The molecule has 0 saturated heterocycles. The van der Waals surface area contributed by atoms with Crippen molar-refractivity contribution in [2.75, 3.05) is 0 Å². The van der Waals surface area contributed by atoms with E-state index in [4.69, 9.17) is 11.6 Å². The summed E-state index contributed by atoms with van der Waals surface area (Å²) in [7, 11) is 0. The standard InChI is InChI=1S/C12H12BrClN2/c1-8(2)16-11(13)7-15-12(16)9-5-3-4-6-10(9)14/h3-8H,1-2H3. The Balaban J connectivity index is 2.61. The molecule has 16 heavy (non-hydrogen) atoms. The Morgan fingerprint density at radius 3 is 2.62 bits per heavy atom. The normalized spacial score (nSPS) is 11.1. The maximum Gasteiger partial charge on any atom is 0.142 e. The molecule has 0 aliphatic rings. The molecular weight excluding hydrogens is 288 g/mol. The molecule has 0 aliphatic carbocycles. The fourth-order valence-electron chi connectivity index (χ4n) is 1.67. The predicted molar refractivity (Wildman–Crippen MR) is 70.8 cm³/mol. The lowest BCUT2D eigenvalue weighted by Gasteiger charge is -2.13. The van der Waals surface area contributed by atoms with E-state index in [-0.39, 0.29) is 0 Å². The maximum absolute atomic E-state index is 6.18. The van der Waals surface area contributed by atoms with Crippen molar-refractivity contribution in [3.8, 4) is 11.4 Å². The highest BCUT2D eigenvalue weighted by Crippen LogP contribution is 2.31. The topological polar surface area (TPSA) is 17.8 Å². The zero-order valence-electron chi connectivity index (χ0n) is 9.11. The highest BCUT2D eigenvalue weighted by atomic mass is 79.9. The molecule has 1 aromatic heterocycles. The SMILES string of the molecule is CC(C)n1c(Br)cnc1-c1ccccc1Cl. The van der Waals surface area contributed by atoms with Crippen LogP contribution in [0, 0.1) is 0 Å². The molecule has 0 amide bonds. The number of aromatic nitrogens is 2. The maximum atomic E-state index is 6.18. The van der Waals surface area contributed by atoms with Gasteiger partial charge in [0.2, 0.25) is 0 Å². The number of imidazole rings is 1. The fourth-order valence-corrected chi connectivity index (χ4v) is 2.57. The van der Waals surface area contributed by atoms with E-state index < -0.39 is 0 Å². The van der Waals surface area contributed by atoms with Crippen LogP contribution < -0.4 is 0 Å². The van der Waals surface area contributed by atoms with Gasteiger partial charge in [0.25, 0.3) is 0 Å². The number of halogens is 2. The molecule has 84 valence electrons. The lowest BCUT2D eigenvalue weighted by atomic mass is 10.2. The van der Waals surface area contributed by atoms with Crippen molar-refractivity contribution >= 4 is 27.5 Å². The summed E-state index contributed by atoms with van der Waals surface area (Å²) in [5.74, 6) is 0.896. The largest absolute Gasteiger partial charge is 0.316 e. The number of nitrogens with zero attached hydrogens (tertiary/aromatic N) is 2. The Kier molecular flexibility index (Phi) is 3.36. The van der Waals surface area contributed by atoms with E-state index in [1.807, 2.05) is 24.3 Å². The third-order valence-corrected chi connectivity index (χ3v) is 3.30. The Labute approximate surface area is 108 Å². The molecule has 2 aromatic rings. The number of hydrogen-bond acceptors (Lipinski definition) is 1. The summed E-state index contributed by atoms with van der Waals surface area (Å²) >= 11 is 9.67. The molecule has 0 N–H and O–H groups in total. The van der Waals surface area contributed by atoms with Crippen LogP contribution in [-0.4, -0.2) is 9.55 Å². The molecule has 4 heteroatoms. The van der Waals surface area contributed by atoms with Crippen LogP contribution in [0.2, 0.25) is 5.02 Å². The molecule has 2 nitrogen and oxygen atoms in total. The van der Waals surface area contributed by atoms with Crippen LogP contribution in [-0.2, 0) is 0 Å². The van der Waals surface area contributed by atoms with Gasteiger partial charge in [-0.3, -0.25) is 0 Å². The first-order valence-electron chi connectivity index (χ1n) is 5.09. The van der Waals surface area contributed by atoms with Crippen LogP contribution in [0.15, 0.2) is 35.1 Å². The van der Waals surface area contributed by atoms with Crippen molar-refractivity contribution in [1.29, 1.82) is 0 Å². The van der Waals surface area contributed by atoms with Gasteiger partial charge in [0.15, 0.2) is 0 Å². The quantitative estimate of drug-likeness (QED) is 0.795. The zero-order chi connectivity index (χ0) is 11.7. The van der Waals surface area contributed by atoms with E-state index in [0.29, 0.717) is 6.04 Å². The molecule has 0 saturated carbocycles. The van der Waals surface area contributed by atoms with Crippen LogP contribution in [0.4, 0.5) is 0 Å². The number of hydrogen-bond donors (Lipinski definition) is 0. The molecule has 0 unspecified atom stereocenters. The summed E-state index contributed by atoms with van der Waals surface area (Å²) < 4.78 is 3.08. The summed E-state index contributed by atoms with van der Waals surface area (Å²) in [6.07, 6.45) is 1.80. The Morgan fingerprint density at radius 1 is 1.31 bits per heavy atom. The van der Waals surface area contributed by atoms with E-state index in [1.54, 1.807) is 6.20 Å². The first kappa shape index (κ1) is 11.7. The zero-order valence-corrected chi connectivity index (χ0v) is 11.5. The van der Waals surface area contributed by atoms with Gasteiger partial charge >= 0.3 is 0 Å². The van der Waals surface area contributed by atoms with Crippen LogP contribution in [0.1, 0.15) is 19.9 Å². The Morgan fingerprint density at radius 2 is 2.00 bits per heavy atom. The van der Waals surface area contributed by atoms with Gasteiger partial charge in [-0.25, -0.2) is 4.98 Å². The van der Waals surface area contributed by atoms with Gasteiger partial charge in [-0.2, -0.15) is 0 Å². The summed E-state index contributed by atoms with van der Waals surface area (Å²) in [6, 6.07) is 8.08. The predicted octanol–water partition coefficient (Wildman–Crippen LogP) is 4.55. The summed E-state index contributed by atoms with van der Waals surface area (Å²) in [4.78, 5) is 4.40. The second kappa shape index (κ2) is 4.60. The molecule has 0 fully saturated rings. The molecular formula is C12H12BrClN2. The minimum atomic E-state index is 0.336. The van der Waals surface area contributed by atoms with E-state index >= 15 is 0 Å². The van der Waals surface area contributed by atoms with Crippen LogP contribution in [0.3, 0.4) is 0 Å². The van der Waals surface area contributed by atoms with E-state index in [1.165, 1.54) is 0 Å². The average molecular weight is 300 g/mol. The Hall–Kier alpha value is -0.800. The van der Waals surface area contributed by atoms with E-state index in [9.17, 15) is 0 Å². The molecule has 0 spiro atoms. The van der Waals surface area contributed by atoms with Gasteiger partial charge in [0.1, 0.15) is 10.4 Å². The third kappa shape index (κ3) is 2.02. The van der Waals surface area contributed by atoms with Crippen molar-refractivity contribution in [3.63, 3.8) is 0 Å². The fraction of sp³-hybridized carbons (Fsp3) is 0.250. The molecule has 0 bridgehead atoms. The molecule has 0 radical (unpaired) electrons. The van der Waals surface area contributed by atoms with Gasteiger partial charge in [0.05, 0.1) is 11.2 Å². The van der Waals surface area contributed by atoms with Crippen molar-refractivity contribution in [3.05, 3.63) is 40.1 Å². The van der Waals surface area contributed by atoms with Crippen molar-refractivity contribution in [2.45, 2.75) is 19.9 Å². The molecule has 0 aliphatic heterocycles. The summed E-state index contributed by atoms with van der Waals surface area (Å²) in [6.45, 7) is 4.24. The van der Waals surface area contributed by atoms with E-state index in [0.717, 1.165) is 21.0 Å². The van der Waals surface area contributed by atoms with Gasteiger partial charge in [-0.15, -0.1) is 0 Å². The average Bonchev–Trinajstić information content (AvgIpc) is 2.61. The summed E-state index contributed by atoms with van der Waals surface area (Å²) in [5.41, 5.74) is 0.962. The van der Waals surface area contributed by atoms with Gasteiger partial charge < -0.3 is 4.57 Å². The minimum Gasteiger partial charge on any atom is -0.316 e. The number of rotatable bonds is 2. The minimum absolute atomic E-state index is 0.336. The van der Waals surface area contributed by atoms with Crippen LogP contribution in [0.25, 0.3) is 11.4 Å². The molecule has 1 heterocycles. The smallest absolute Gasteiger partial charge is 0.142 e. The van der Waals surface area contributed by atoms with Gasteiger partial charge in [-0.1, -0.05) is 23.7 Å². The van der Waals surface area contributed by atoms with Crippen molar-refractivity contribution < 1.29 is 0 Å². The monoisotopic (exact) mass is 298 g/mol. The van der Waals surface area contributed by atoms with E-state index in [2.05, 4.69) is 39.3 Å². The Bertz CT molecular complexity index is 505. The second-order valence-corrected chi connectivity index (χ2v) is 5.07. The lowest BCUT2D eigenvalue weighted by molar-refractivity contribution is 0.596. The molecule has 2 rings (SSSR count). The third-order valence-electron chi connectivity index (χ3n) is 2.38. The second-order valence-electron chi connectivity index (χ2n) is 3.85. The van der Waals surface area contributed by atoms with Gasteiger partial charge in [0, 0.05) is 11.6 Å². The first-order valence-corrected chi connectivity index (χ1v) is 6.26. The first-order chi connectivity index (χ1) is 7.61.